The number of anilines is 1. The number of halogens is 1. The van der Waals surface area contributed by atoms with Crippen molar-refractivity contribution in [2.24, 2.45) is 11.7 Å². The molecule has 0 bridgehead atoms. The number of hydrogen-bond acceptors (Lipinski definition) is 8. The molecule has 0 aliphatic carbocycles. The zero-order valence-electron chi connectivity index (χ0n) is 21.8. The Balaban J connectivity index is 1.33. The van der Waals surface area contributed by atoms with Gasteiger partial charge < -0.3 is 26.0 Å². The summed E-state index contributed by atoms with van der Waals surface area (Å²) >= 11 is 7.34. The number of nitrogens with zero attached hydrogens (tertiary/aromatic N) is 2. The standard InChI is InChI=1S/C26H30ClN5O6S/c1-13(2)21(28)25(36)38-12-32-20(33)7-6-19(23(32)34)31-11-15-8-17(39-22(15)24(31)35)10-29-26(37)30-16-5-4-14(3)18(27)9-16/h4-5,8-9,13,19,21H,6-7,10-12,28H2,1-3H3,(H2,29,30,37)/t19?,21-/m1/s1. The van der Waals surface area contributed by atoms with Crippen LogP contribution in [0.4, 0.5) is 10.5 Å². The summed E-state index contributed by atoms with van der Waals surface area (Å²) in [5, 5.41) is 6.02. The summed E-state index contributed by atoms with van der Waals surface area (Å²) < 4.78 is 5.11. The van der Waals surface area contributed by atoms with E-state index in [1.54, 1.807) is 32.0 Å². The average molecular weight is 576 g/mol. The third-order valence-electron chi connectivity index (χ3n) is 6.70. The summed E-state index contributed by atoms with van der Waals surface area (Å²) in [5.41, 5.74) is 7.99. The normalized spacial score (nSPS) is 17.9. The zero-order chi connectivity index (χ0) is 28.4. The minimum atomic E-state index is -0.872. The van der Waals surface area contributed by atoms with Crippen molar-refractivity contribution >= 4 is 58.3 Å². The number of piperidine rings is 1. The maximum atomic E-state index is 13.2. The van der Waals surface area contributed by atoms with Crippen LogP contribution < -0.4 is 16.4 Å². The second-order valence-electron chi connectivity index (χ2n) is 9.85. The van der Waals surface area contributed by atoms with Crippen LogP contribution in [0.1, 0.15) is 52.4 Å². The minimum absolute atomic E-state index is 0.0398. The van der Waals surface area contributed by atoms with Gasteiger partial charge in [0.25, 0.3) is 11.8 Å². The number of amides is 5. The minimum Gasteiger partial charge on any atom is -0.443 e. The monoisotopic (exact) mass is 575 g/mol. The average Bonchev–Trinajstić information content (AvgIpc) is 3.42. The molecule has 208 valence electrons. The fraction of sp³-hybridized carbons (Fsp3) is 0.423. The molecule has 4 rings (SSSR count). The van der Waals surface area contributed by atoms with E-state index in [-0.39, 0.29) is 37.8 Å². The molecule has 2 aromatic rings. The summed E-state index contributed by atoms with van der Waals surface area (Å²) in [6.07, 6.45) is 0.226. The Bertz CT molecular complexity index is 1330. The summed E-state index contributed by atoms with van der Waals surface area (Å²) in [6.45, 7) is 5.26. The maximum absolute atomic E-state index is 13.2. The molecule has 4 N–H and O–H groups in total. The van der Waals surface area contributed by atoms with Gasteiger partial charge in [-0.15, -0.1) is 11.3 Å². The predicted octanol–water partition coefficient (Wildman–Crippen LogP) is 2.99. The van der Waals surface area contributed by atoms with E-state index in [0.717, 1.165) is 20.9 Å². The fourth-order valence-electron chi connectivity index (χ4n) is 4.27. The van der Waals surface area contributed by atoms with Crippen LogP contribution in [0.5, 0.6) is 0 Å². The number of rotatable bonds is 8. The van der Waals surface area contributed by atoms with Crippen LogP contribution in [0.3, 0.4) is 0 Å². The van der Waals surface area contributed by atoms with E-state index < -0.39 is 42.6 Å². The van der Waals surface area contributed by atoms with Gasteiger partial charge in [0.05, 0.1) is 11.4 Å². The Morgan fingerprint density at radius 2 is 1.97 bits per heavy atom. The Morgan fingerprint density at radius 3 is 2.64 bits per heavy atom. The van der Waals surface area contributed by atoms with Crippen LogP contribution >= 0.6 is 22.9 Å². The number of aryl methyl sites for hydroxylation is 1. The topological polar surface area (TPSA) is 151 Å². The van der Waals surface area contributed by atoms with Gasteiger partial charge in [0, 0.05) is 28.6 Å². The Morgan fingerprint density at radius 1 is 1.23 bits per heavy atom. The van der Waals surface area contributed by atoms with E-state index in [0.29, 0.717) is 15.6 Å². The lowest BCUT2D eigenvalue weighted by Gasteiger charge is -2.35. The van der Waals surface area contributed by atoms with Crippen LogP contribution in [0.25, 0.3) is 0 Å². The number of thiophene rings is 1. The molecule has 1 aromatic carbocycles. The van der Waals surface area contributed by atoms with Crippen molar-refractivity contribution in [3.8, 4) is 0 Å². The lowest BCUT2D eigenvalue weighted by atomic mass is 10.0. The van der Waals surface area contributed by atoms with E-state index in [4.69, 9.17) is 22.1 Å². The molecule has 1 saturated heterocycles. The summed E-state index contributed by atoms with van der Waals surface area (Å²) in [5.74, 6) is -2.24. The maximum Gasteiger partial charge on any atom is 0.324 e. The van der Waals surface area contributed by atoms with Gasteiger partial charge >= 0.3 is 12.0 Å². The number of ether oxygens (including phenoxy) is 1. The van der Waals surface area contributed by atoms with E-state index in [1.165, 1.54) is 16.2 Å². The van der Waals surface area contributed by atoms with E-state index in [1.807, 2.05) is 13.0 Å². The second kappa shape index (κ2) is 11.7. The number of hydrogen-bond donors (Lipinski definition) is 3. The third kappa shape index (κ3) is 6.23. The van der Waals surface area contributed by atoms with E-state index >= 15 is 0 Å². The van der Waals surface area contributed by atoms with Gasteiger partial charge in [-0.1, -0.05) is 31.5 Å². The number of imide groups is 1. The van der Waals surface area contributed by atoms with Gasteiger partial charge in [0.15, 0.2) is 6.73 Å². The van der Waals surface area contributed by atoms with Gasteiger partial charge in [0.1, 0.15) is 12.1 Å². The van der Waals surface area contributed by atoms with E-state index in [2.05, 4.69) is 10.6 Å². The predicted molar refractivity (Wildman–Crippen MR) is 145 cm³/mol. The molecule has 5 amide bonds. The number of esters is 1. The first-order chi connectivity index (χ1) is 18.5. The van der Waals surface area contributed by atoms with Crippen molar-refractivity contribution < 1.29 is 28.7 Å². The molecule has 2 atom stereocenters. The van der Waals surface area contributed by atoms with Gasteiger partial charge in [0.2, 0.25) is 5.91 Å². The highest BCUT2D eigenvalue weighted by atomic mass is 35.5. The smallest absolute Gasteiger partial charge is 0.324 e. The van der Waals surface area contributed by atoms with Crippen molar-refractivity contribution in [3.05, 3.63) is 50.2 Å². The van der Waals surface area contributed by atoms with Crippen molar-refractivity contribution in [2.75, 3.05) is 12.0 Å². The summed E-state index contributed by atoms with van der Waals surface area (Å²) in [6, 6.07) is 4.91. The molecular weight excluding hydrogens is 546 g/mol. The highest BCUT2D eigenvalue weighted by Crippen LogP contribution is 2.34. The van der Waals surface area contributed by atoms with Gasteiger partial charge in [-0.05, 0) is 48.6 Å². The number of likely N-dealkylation sites (tertiary alicyclic amines) is 1. The SMILES string of the molecule is Cc1ccc(NC(=O)NCc2cc3c(s2)C(=O)N(C2CCC(=O)N(COC(=O)[C@H](N)C(C)C)C2=O)C3)cc1Cl. The molecule has 0 radical (unpaired) electrons. The number of carbonyl (C=O) groups is 5. The highest BCUT2D eigenvalue weighted by Gasteiger charge is 2.44. The summed E-state index contributed by atoms with van der Waals surface area (Å²) in [7, 11) is 0. The molecule has 1 unspecified atom stereocenters. The molecule has 1 fully saturated rings. The van der Waals surface area contributed by atoms with E-state index in [9.17, 15) is 24.0 Å². The number of urea groups is 1. The molecule has 1 aromatic heterocycles. The molecule has 0 spiro atoms. The first-order valence-electron chi connectivity index (χ1n) is 12.5. The Labute approximate surface area is 234 Å². The van der Waals surface area contributed by atoms with Crippen molar-refractivity contribution in [3.63, 3.8) is 0 Å². The Hall–Kier alpha value is -3.48. The molecule has 2 aliphatic rings. The van der Waals surface area contributed by atoms with Gasteiger partial charge in [-0.25, -0.2) is 9.69 Å². The van der Waals surface area contributed by atoms with Crippen LogP contribution in [-0.4, -0.2) is 58.3 Å². The number of fused-ring (bicyclic) bond motifs is 1. The van der Waals surface area contributed by atoms with Crippen molar-refractivity contribution in [1.82, 2.24) is 15.1 Å². The van der Waals surface area contributed by atoms with Crippen LogP contribution in [-0.2, 0) is 32.2 Å². The third-order valence-corrected chi connectivity index (χ3v) is 8.27. The summed E-state index contributed by atoms with van der Waals surface area (Å²) in [4.78, 5) is 66.7. The Kier molecular flexibility index (Phi) is 8.57. The molecule has 2 aliphatic heterocycles. The number of carbonyl (C=O) groups excluding carboxylic acids is 5. The number of benzene rings is 1. The van der Waals surface area contributed by atoms with Gasteiger partial charge in [-0.3, -0.25) is 19.2 Å². The molecule has 11 nitrogen and oxygen atoms in total. The first-order valence-corrected chi connectivity index (χ1v) is 13.7. The van der Waals surface area contributed by atoms with Crippen LogP contribution in [0.2, 0.25) is 5.02 Å². The lowest BCUT2D eigenvalue weighted by Crippen LogP contribution is -2.55. The van der Waals surface area contributed by atoms with Crippen molar-refractivity contribution in [1.29, 1.82) is 0 Å². The molecule has 3 heterocycles. The molecule has 13 heteroatoms. The lowest BCUT2D eigenvalue weighted by molar-refractivity contribution is -0.165. The largest absolute Gasteiger partial charge is 0.443 e. The van der Waals surface area contributed by atoms with Gasteiger partial charge in [-0.2, -0.15) is 0 Å². The first kappa shape index (κ1) is 28.5. The number of nitrogens with two attached hydrogens (primary N) is 1. The number of nitrogens with one attached hydrogen (secondary N) is 2. The van der Waals surface area contributed by atoms with Crippen LogP contribution in [0.15, 0.2) is 24.3 Å². The molecule has 0 saturated carbocycles. The fourth-order valence-corrected chi connectivity index (χ4v) is 5.51. The second-order valence-corrected chi connectivity index (χ2v) is 11.4. The zero-order valence-corrected chi connectivity index (χ0v) is 23.4. The molecule has 39 heavy (non-hydrogen) atoms. The van der Waals surface area contributed by atoms with Crippen molar-refractivity contribution in [2.45, 2.75) is 58.8 Å². The quantitative estimate of drug-likeness (QED) is 0.323. The highest BCUT2D eigenvalue weighted by molar-refractivity contribution is 7.14. The van der Waals surface area contributed by atoms with Crippen LogP contribution in [0, 0.1) is 12.8 Å². The molecular formula is C26H30ClN5O6S.